The van der Waals surface area contributed by atoms with E-state index in [4.69, 9.17) is 0 Å². The molecule has 0 aromatic heterocycles. The number of piperazine rings is 1. The summed E-state index contributed by atoms with van der Waals surface area (Å²) >= 11 is 0. The largest absolute Gasteiger partial charge is 0.365 e. The molecule has 1 aliphatic heterocycles. The molecule has 0 saturated carbocycles. The van der Waals surface area contributed by atoms with Crippen LogP contribution in [0.5, 0.6) is 0 Å². The number of benzene rings is 3. The molecule has 6 nitrogen and oxygen atoms in total. The van der Waals surface area contributed by atoms with Gasteiger partial charge in [-0.25, -0.2) is 4.39 Å². The maximum absolute atomic E-state index is 15.1. The van der Waals surface area contributed by atoms with Crippen molar-refractivity contribution in [3.8, 4) is 0 Å². The second kappa shape index (κ2) is 11.2. The maximum atomic E-state index is 15.1. The first-order valence-electron chi connectivity index (χ1n) is 11.8. The molecule has 7 heteroatoms. The van der Waals surface area contributed by atoms with Gasteiger partial charge in [0, 0.05) is 50.9 Å². The summed E-state index contributed by atoms with van der Waals surface area (Å²) in [6.45, 7) is 6.09. The first kappa shape index (κ1) is 23.9. The van der Waals surface area contributed by atoms with Crippen LogP contribution in [0.2, 0.25) is 0 Å². The van der Waals surface area contributed by atoms with Gasteiger partial charge in [0.1, 0.15) is 0 Å². The number of halogens is 1. The van der Waals surface area contributed by atoms with Crippen LogP contribution >= 0.6 is 0 Å². The van der Waals surface area contributed by atoms with Crippen molar-refractivity contribution < 1.29 is 9.31 Å². The van der Waals surface area contributed by atoms with Crippen molar-refractivity contribution in [3.05, 3.63) is 106 Å². The highest BCUT2D eigenvalue weighted by Gasteiger charge is 2.32. The average molecular weight is 463 g/mol. The van der Waals surface area contributed by atoms with Gasteiger partial charge in [0.2, 0.25) is 0 Å². The Morgan fingerprint density at radius 2 is 1.76 bits per heavy atom. The minimum absolute atomic E-state index is 0.0260. The number of hydrogen-bond donors (Lipinski definition) is 1. The maximum Gasteiger partial charge on any atom is 0.272 e. The number of nitrogens with one attached hydrogen (secondary N) is 1. The summed E-state index contributed by atoms with van der Waals surface area (Å²) in [6, 6.07) is 24.7. The molecule has 1 saturated heterocycles. The highest BCUT2D eigenvalue weighted by molar-refractivity contribution is 5.53. The summed E-state index contributed by atoms with van der Waals surface area (Å²) < 4.78 is 15.1. The van der Waals surface area contributed by atoms with Gasteiger partial charge in [0.25, 0.3) is 5.69 Å². The molecule has 3 aromatic rings. The molecular weight excluding hydrogens is 431 g/mol. The Balaban J connectivity index is 1.62. The quantitative estimate of drug-likeness (QED) is 0.371. The number of rotatable bonds is 9. The number of anilines is 1. The number of nitro groups is 1. The number of non-ortho nitro benzene ring substituents is 1. The summed E-state index contributed by atoms with van der Waals surface area (Å²) in [6.07, 6.45) is 0.738. The van der Waals surface area contributed by atoms with Crippen molar-refractivity contribution >= 4 is 11.4 Å². The van der Waals surface area contributed by atoms with Gasteiger partial charge in [-0.05, 0) is 30.5 Å². The van der Waals surface area contributed by atoms with Gasteiger partial charge in [-0.2, -0.15) is 0 Å². The van der Waals surface area contributed by atoms with Crippen LogP contribution < -0.4 is 10.2 Å². The van der Waals surface area contributed by atoms with E-state index in [9.17, 15) is 10.1 Å². The van der Waals surface area contributed by atoms with E-state index in [0.717, 1.165) is 38.7 Å². The second-order valence-corrected chi connectivity index (χ2v) is 8.72. The predicted molar refractivity (Wildman–Crippen MR) is 134 cm³/mol. The van der Waals surface area contributed by atoms with Crippen LogP contribution in [0.15, 0.2) is 78.9 Å². The summed E-state index contributed by atoms with van der Waals surface area (Å²) in [5.74, 6) is -0.564. The van der Waals surface area contributed by atoms with E-state index in [2.05, 4.69) is 51.5 Å². The number of nitrogens with zero attached hydrogens (tertiary/aromatic N) is 3. The molecule has 34 heavy (non-hydrogen) atoms. The zero-order valence-corrected chi connectivity index (χ0v) is 19.4. The Labute approximate surface area is 200 Å². The standard InChI is InChI=1S/C27H31FN4O2/c1-2-31(26-14-13-23(32(33)34)18-24(26)28)27(17-21-9-5-3-6-10-21)25-20-30(16-15-29-25)19-22-11-7-4-8-12-22/h3-14,18,25,27,29H,2,15-17,19-20H2,1H3/t25-,27+/m1/s1. The third-order valence-corrected chi connectivity index (χ3v) is 6.48. The molecule has 0 aliphatic carbocycles. The van der Waals surface area contributed by atoms with Crippen molar-refractivity contribution in [2.24, 2.45) is 0 Å². The summed E-state index contributed by atoms with van der Waals surface area (Å²) in [5, 5.41) is 14.8. The molecule has 178 valence electrons. The summed E-state index contributed by atoms with van der Waals surface area (Å²) in [7, 11) is 0. The van der Waals surface area contributed by atoms with Gasteiger partial charge in [-0.3, -0.25) is 15.0 Å². The number of nitro benzene ring substituents is 1. The Morgan fingerprint density at radius 3 is 2.38 bits per heavy atom. The molecule has 0 spiro atoms. The topological polar surface area (TPSA) is 61.6 Å². The Kier molecular flexibility index (Phi) is 7.87. The van der Waals surface area contributed by atoms with E-state index in [0.29, 0.717) is 12.2 Å². The van der Waals surface area contributed by atoms with E-state index in [-0.39, 0.29) is 17.8 Å². The van der Waals surface area contributed by atoms with Crippen molar-refractivity contribution in [1.82, 2.24) is 10.2 Å². The van der Waals surface area contributed by atoms with E-state index < -0.39 is 10.7 Å². The summed E-state index contributed by atoms with van der Waals surface area (Å²) in [5.41, 5.74) is 2.62. The fourth-order valence-electron chi connectivity index (χ4n) is 4.84. The normalized spacial score (nSPS) is 17.3. The molecule has 1 N–H and O–H groups in total. The zero-order valence-electron chi connectivity index (χ0n) is 19.4. The van der Waals surface area contributed by atoms with Crippen LogP contribution in [-0.4, -0.2) is 48.1 Å². The third-order valence-electron chi connectivity index (χ3n) is 6.48. The fraction of sp³-hybridized carbons (Fsp3) is 0.333. The van der Waals surface area contributed by atoms with Crippen LogP contribution in [0.1, 0.15) is 18.1 Å². The lowest BCUT2D eigenvalue weighted by Gasteiger charge is -2.43. The molecule has 1 aliphatic rings. The van der Waals surface area contributed by atoms with E-state index in [1.807, 2.05) is 31.2 Å². The molecule has 0 radical (unpaired) electrons. The Hall–Kier alpha value is -3.29. The highest BCUT2D eigenvalue weighted by Crippen LogP contribution is 2.28. The molecule has 2 atom stereocenters. The lowest BCUT2D eigenvalue weighted by Crippen LogP contribution is -2.60. The van der Waals surface area contributed by atoms with E-state index in [1.165, 1.54) is 17.2 Å². The van der Waals surface area contributed by atoms with Crippen molar-refractivity contribution in [2.45, 2.75) is 32.0 Å². The first-order chi connectivity index (χ1) is 16.5. The van der Waals surface area contributed by atoms with Gasteiger partial charge >= 0.3 is 0 Å². The molecular formula is C27H31FN4O2. The molecule has 3 aromatic carbocycles. The molecule has 0 bridgehead atoms. The number of likely N-dealkylation sites (N-methyl/N-ethyl adjacent to an activating group) is 1. The zero-order chi connectivity index (χ0) is 23.9. The summed E-state index contributed by atoms with van der Waals surface area (Å²) in [4.78, 5) is 15.1. The Bertz CT molecular complexity index is 1080. The first-order valence-corrected chi connectivity index (χ1v) is 11.8. The van der Waals surface area contributed by atoms with Crippen LogP contribution in [0, 0.1) is 15.9 Å². The van der Waals surface area contributed by atoms with Crippen LogP contribution in [0.3, 0.4) is 0 Å². The monoisotopic (exact) mass is 462 g/mol. The van der Waals surface area contributed by atoms with Crippen molar-refractivity contribution in [1.29, 1.82) is 0 Å². The van der Waals surface area contributed by atoms with E-state index in [1.54, 1.807) is 6.07 Å². The smallest absolute Gasteiger partial charge is 0.272 e. The molecule has 1 heterocycles. The third kappa shape index (κ3) is 5.79. The lowest BCUT2D eigenvalue weighted by atomic mass is 9.95. The Morgan fingerprint density at radius 1 is 1.09 bits per heavy atom. The molecule has 0 unspecified atom stereocenters. The SMILES string of the molecule is CCN(c1ccc([N+](=O)[O-])cc1F)[C@@H](Cc1ccccc1)[C@H]1CN(Cc2ccccc2)CCN1. The molecule has 0 amide bonds. The van der Waals surface area contributed by atoms with Crippen LogP contribution in [0.4, 0.5) is 15.8 Å². The van der Waals surface area contributed by atoms with Gasteiger partial charge in [0.05, 0.1) is 16.7 Å². The number of hydrogen-bond acceptors (Lipinski definition) is 5. The predicted octanol–water partition coefficient (Wildman–Crippen LogP) is 4.65. The average Bonchev–Trinajstić information content (AvgIpc) is 2.86. The lowest BCUT2D eigenvalue weighted by molar-refractivity contribution is -0.385. The van der Waals surface area contributed by atoms with Crippen molar-refractivity contribution in [2.75, 3.05) is 31.1 Å². The van der Waals surface area contributed by atoms with Crippen LogP contribution in [0.25, 0.3) is 0 Å². The second-order valence-electron chi connectivity index (χ2n) is 8.72. The van der Waals surface area contributed by atoms with Gasteiger partial charge in [-0.1, -0.05) is 60.7 Å². The minimum Gasteiger partial charge on any atom is -0.365 e. The van der Waals surface area contributed by atoms with Crippen LogP contribution in [-0.2, 0) is 13.0 Å². The highest BCUT2D eigenvalue weighted by atomic mass is 19.1. The van der Waals surface area contributed by atoms with Crippen molar-refractivity contribution in [3.63, 3.8) is 0 Å². The van der Waals surface area contributed by atoms with Gasteiger partial charge in [-0.15, -0.1) is 0 Å². The minimum atomic E-state index is -0.564. The molecule has 1 fully saturated rings. The van der Waals surface area contributed by atoms with Gasteiger partial charge in [0.15, 0.2) is 5.82 Å². The van der Waals surface area contributed by atoms with Gasteiger partial charge < -0.3 is 10.2 Å². The fourth-order valence-corrected chi connectivity index (χ4v) is 4.84. The van der Waals surface area contributed by atoms with E-state index >= 15 is 4.39 Å². The molecule has 4 rings (SSSR count).